The average molecular weight is 405 g/mol. The summed E-state index contributed by atoms with van der Waals surface area (Å²) >= 11 is 0. The fourth-order valence-electron chi connectivity index (χ4n) is 2.51. The standard InChI is InChI=1S/C19H18F3N5O2/c1-28-15-8-6-13(7-9-15)16(23)11-27(24)10-12-2-4-14(5-3-12)17-25-18(29-26-17)19(20,21)22/h2-9,11H,10,23-24H2,1H3/b16-11-. The summed E-state index contributed by atoms with van der Waals surface area (Å²) < 4.78 is 47.0. The van der Waals surface area contributed by atoms with Crippen LogP contribution in [-0.4, -0.2) is 22.3 Å². The third-order valence-corrected chi connectivity index (χ3v) is 3.97. The van der Waals surface area contributed by atoms with Crippen molar-refractivity contribution in [1.82, 2.24) is 15.1 Å². The molecule has 0 bridgehead atoms. The van der Waals surface area contributed by atoms with E-state index < -0.39 is 12.1 Å². The topological polar surface area (TPSA) is 103 Å². The van der Waals surface area contributed by atoms with Crippen molar-refractivity contribution >= 4 is 5.70 Å². The van der Waals surface area contributed by atoms with Gasteiger partial charge in [-0.05, 0) is 35.4 Å². The Bertz CT molecular complexity index is 982. The van der Waals surface area contributed by atoms with Crippen LogP contribution >= 0.6 is 0 Å². The number of aromatic nitrogens is 2. The smallest absolute Gasteiger partial charge is 0.471 e. The summed E-state index contributed by atoms with van der Waals surface area (Å²) in [5.74, 6) is 5.18. The molecule has 0 atom stereocenters. The van der Waals surface area contributed by atoms with Gasteiger partial charge in [-0.25, -0.2) is 5.84 Å². The summed E-state index contributed by atoms with van der Waals surface area (Å²) in [5.41, 5.74) is 8.52. The average Bonchev–Trinajstić information content (AvgIpc) is 3.19. The van der Waals surface area contributed by atoms with E-state index in [0.29, 0.717) is 17.8 Å². The van der Waals surface area contributed by atoms with Gasteiger partial charge in [-0.15, -0.1) is 0 Å². The molecular formula is C19H18F3N5O2. The quantitative estimate of drug-likeness (QED) is 0.479. The summed E-state index contributed by atoms with van der Waals surface area (Å²) in [6.45, 7) is 0.331. The van der Waals surface area contributed by atoms with E-state index in [9.17, 15) is 13.2 Å². The van der Waals surface area contributed by atoms with Crippen LogP contribution in [0.2, 0.25) is 0 Å². The third kappa shape index (κ3) is 5.05. The van der Waals surface area contributed by atoms with E-state index in [1.54, 1.807) is 49.7 Å². The molecule has 3 rings (SSSR count). The molecule has 1 aromatic heterocycles. The Morgan fingerprint density at radius 2 is 1.79 bits per heavy atom. The maximum Gasteiger partial charge on any atom is 0.471 e. The summed E-state index contributed by atoms with van der Waals surface area (Å²) in [7, 11) is 1.58. The van der Waals surface area contributed by atoms with Crippen molar-refractivity contribution in [2.45, 2.75) is 12.7 Å². The number of methoxy groups -OCH3 is 1. The van der Waals surface area contributed by atoms with Crippen molar-refractivity contribution < 1.29 is 22.4 Å². The summed E-state index contributed by atoms with van der Waals surface area (Å²) in [6, 6.07) is 13.8. The van der Waals surface area contributed by atoms with Gasteiger partial charge in [0.1, 0.15) is 5.75 Å². The van der Waals surface area contributed by atoms with E-state index in [4.69, 9.17) is 16.3 Å². The maximum atomic E-state index is 12.6. The lowest BCUT2D eigenvalue weighted by molar-refractivity contribution is -0.159. The molecule has 1 heterocycles. The molecule has 2 aromatic carbocycles. The fourth-order valence-corrected chi connectivity index (χ4v) is 2.51. The Labute approximate surface area is 164 Å². The Morgan fingerprint density at radius 3 is 2.34 bits per heavy atom. The number of hydrogen-bond donors (Lipinski definition) is 2. The van der Waals surface area contributed by atoms with Gasteiger partial charge in [-0.1, -0.05) is 29.4 Å². The van der Waals surface area contributed by atoms with Crippen LogP contribution < -0.4 is 16.3 Å². The number of hydrogen-bond acceptors (Lipinski definition) is 7. The Hall–Kier alpha value is -3.53. The zero-order chi connectivity index (χ0) is 21.0. The van der Waals surface area contributed by atoms with Crippen LogP contribution in [-0.2, 0) is 12.7 Å². The van der Waals surface area contributed by atoms with Crippen LogP contribution in [0.25, 0.3) is 17.1 Å². The lowest BCUT2D eigenvalue weighted by Crippen LogP contribution is -2.25. The molecule has 0 aliphatic heterocycles. The van der Waals surface area contributed by atoms with Crippen molar-refractivity contribution in [1.29, 1.82) is 0 Å². The van der Waals surface area contributed by atoms with Gasteiger partial charge in [-0.3, -0.25) is 0 Å². The molecule has 0 saturated carbocycles. The van der Waals surface area contributed by atoms with Gasteiger partial charge < -0.3 is 20.0 Å². The predicted octanol–water partition coefficient (Wildman–Crippen LogP) is 3.40. The number of ether oxygens (including phenoxy) is 1. The molecule has 0 saturated heterocycles. The minimum atomic E-state index is -4.68. The Morgan fingerprint density at radius 1 is 1.14 bits per heavy atom. The maximum absolute atomic E-state index is 12.6. The molecule has 7 nitrogen and oxygen atoms in total. The first-order valence-corrected chi connectivity index (χ1v) is 8.39. The third-order valence-electron chi connectivity index (χ3n) is 3.97. The lowest BCUT2D eigenvalue weighted by atomic mass is 10.1. The Kier molecular flexibility index (Phi) is 5.74. The molecule has 3 aromatic rings. The number of alkyl halides is 3. The highest BCUT2D eigenvalue weighted by Crippen LogP contribution is 2.29. The van der Waals surface area contributed by atoms with E-state index in [1.807, 2.05) is 12.1 Å². The summed E-state index contributed by atoms with van der Waals surface area (Å²) in [5, 5.41) is 4.76. The number of nitrogens with two attached hydrogens (primary N) is 2. The number of halogens is 3. The van der Waals surface area contributed by atoms with Crippen LogP contribution in [0.3, 0.4) is 0 Å². The molecule has 0 spiro atoms. The molecular weight excluding hydrogens is 387 g/mol. The molecule has 0 unspecified atom stereocenters. The first-order chi connectivity index (χ1) is 13.8. The monoisotopic (exact) mass is 405 g/mol. The van der Waals surface area contributed by atoms with E-state index in [-0.39, 0.29) is 5.82 Å². The summed E-state index contributed by atoms with van der Waals surface area (Å²) in [4.78, 5) is 3.35. The second kappa shape index (κ2) is 8.23. The highest BCUT2D eigenvalue weighted by atomic mass is 19.4. The number of nitrogens with zero attached hydrogens (tertiary/aromatic N) is 3. The molecule has 0 fully saturated rings. The molecule has 0 aliphatic rings. The zero-order valence-corrected chi connectivity index (χ0v) is 15.3. The van der Waals surface area contributed by atoms with Gasteiger partial charge in [0, 0.05) is 11.8 Å². The normalized spacial score (nSPS) is 12.1. The largest absolute Gasteiger partial charge is 0.497 e. The lowest BCUT2D eigenvalue weighted by Gasteiger charge is -2.15. The van der Waals surface area contributed by atoms with Gasteiger partial charge in [0.2, 0.25) is 5.82 Å². The zero-order valence-electron chi connectivity index (χ0n) is 15.3. The van der Waals surface area contributed by atoms with Crippen LogP contribution in [0.4, 0.5) is 13.2 Å². The van der Waals surface area contributed by atoms with E-state index >= 15 is 0 Å². The van der Waals surface area contributed by atoms with Gasteiger partial charge >= 0.3 is 12.1 Å². The first kappa shape index (κ1) is 20.2. The SMILES string of the molecule is COc1ccc(/C(N)=C/N(N)Cc2ccc(-c3noc(C(F)(F)F)n3)cc2)cc1. The van der Waals surface area contributed by atoms with Gasteiger partial charge in [0.05, 0.1) is 19.4 Å². The highest BCUT2D eigenvalue weighted by Gasteiger charge is 2.38. The highest BCUT2D eigenvalue weighted by molar-refractivity contribution is 5.62. The van der Waals surface area contributed by atoms with Crippen molar-refractivity contribution in [3.63, 3.8) is 0 Å². The summed E-state index contributed by atoms with van der Waals surface area (Å²) in [6.07, 6.45) is -3.09. The van der Waals surface area contributed by atoms with E-state index in [1.165, 1.54) is 5.01 Å². The van der Waals surface area contributed by atoms with Crippen molar-refractivity contribution in [2.24, 2.45) is 11.6 Å². The molecule has 0 radical (unpaired) electrons. The molecule has 10 heteroatoms. The fraction of sp³-hybridized carbons (Fsp3) is 0.158. The molecule has 29 heavy (non-hydrogen) atoms. The van der Waals surface area contributed by atoms with Crippen LogP contribution in [0.15, 0.2) is 59.3 Å². The van der Waals surface area contributed by atoms with E-state index in [0.717, 1.165) is 16.9 Å². The number of hydrazine groups is 1. The second-order valence-electron chi connectivity index (χ2n) is 6.10. The van der Waals surface area contributed by atoms with Crippen molar-refractivity contribution in [3.05, 3.63) is 71.7 Å². The van der Waals surface area contributed by atoms with Gasteiger partial charge in [-0.2, -0.15) is 18.2 Å². The number of benzene rings is 2. The van der Waals surface area contributed by atoms with Gasteiger partial charge in [0.25, 0.3) is 0 Å². The van der Waals surface area contributed by atoms with Gasteiger partial charge in [0.15, 0.2) is 0 Å². The Balaban J connectivity index is 1.66. The van der Waals surface area contributed by atoms with Crippen molar-refractivity contribution in [2.75, 3.05) is 7.11 Å². The second-order valence-corrected chi connectivity index (χ2v) is 6.10. The minimum Gasteiger partial charge on any atom is -0.497 e. The molecule has 4 N–H and O–H groups in total. The van der Waals surface area contributed by atoms with Crippen molar-refractivity contribution in [3.8, 4) is 17.1 Å². The molecule has 0 aliphatic carbocycles. The van der Waals surface area contributed by atoms with Crippen LogP contribution in [0.1, 0.15) is 17.0 Å². The molecule has 0 amide bonds. The van der Waals surface area contributed by atoms with Crippen LogP contribution in [0, 0.1) is 0 Å². The predicted molar refractivity (Wildman–Crippen MR) is 99.6 cm³/mol. The van der Waals surface area contributed by atoms with E-state index in [2.05, 4.69) is 14.7 Å². The number of rotatable bonds is 6. The van der Waals surface area contributed by atoms with Crippen LogP contribution in [0.5, 0.6) is 5.75 Å². The first-order valence-electron chi connectivity index (χ1n) is 8.39. The molecule has 152 valence electrons. The minimum absolute atomic E-state index is 0.142.